The zero-order valence-corrected chi connectivity index (χ0v) is 19.8. The Labute approximate surface area is 202 Å². The van der Waals surface area contributed by atoms with E-state index in [9.17, 15) is 22.4 Å². The van der Waals surface area contributed by atoms with Gasteiger partial charge in [-0.25, -0.2) is 12.8 Å². The third-order valence-corrected chi connectivity index (χ3v) is 7.03. The van der Waals surface area contributed by atoms with Crippen LogP contribution < -0.4 is 10.0 Å². The lowest BCUT2D eigenvalue weighted by Gasteiger charge is -2.27. The summed E-state index contributed by atoms with van der Waals surface area (Å²) in [4.78, 5) is 27.3. The second-order valence-electron chi connectivity index (χ2n) is 7.97. The minimum absolute atomic E-state index is 0.0808. The van der Waals surface area contributed by atoms with Crippen LogP contribution in [0.4, 0.5) is 15.8 Å². The molecule has 3 aromatic carbocycles. The molecule has 0 unspecified atom stereocenters. The highest BCUT2D eigenvalue weighted by Gasteiger charge is 2.21. The quantitative estimate of drug-likeness (QED) is 0.541. The standard InChI is InChI=1S/C25H24FN3O5S/c1-17-22(25(31)29-13-15-34-16-14-29)3-2-4-23(17)27-24(30)18-5-9-20(10-6-18)28-35(32,33)21-11-7-19(26)8-12-21/h2-12,28H,13-16H2,1H3,(H,27,30). The molecule has 0 atom stereocenters. The molecule has 10 heteroatoms. The van der Waals surface area contributed by atoms with E-state index < -0.39 is 21.7 Å². The number of sulfonamides is 1. The molecule has 2 amide bonds. The van der Waals surface area contributed by atoms with Gasteiger partial charge < -0.3 is 15.0 Å². The van der Waals surface area contributed by atoms with Crippen LogP contribution >= 0.6 is 0 Å². The van der Waals surface area contributed by atoms with Gasteiger partial charge in [0.25, 0.3) is 21.8 Å². The van der Waals surface area contributed by atoms with Crippen LogP contribution in [-0.4, -0.2) is 51.4 Å². The molecular weight excluding hydrogens is 473 g/mol. The van der Waals surface area contributed by atoms with E-state index in [2.05, 4.69) is 10.0 Å². The molecule has 1 aliphatic rings. The van der Waals surface area contributed by atoms with Crippen molar-refractivity contribution < 1.29 is 27.1 Å². The van der Waals surface area contributed by atoms with Gasteiger partial charge in [-0.15, -0.1) is 0 Å². The first kappa shape index (κ1) is 24.4. The summed E-state index contributed by atoms with van der Waals surface area (Å²) < 4.78 is 45.7. The Hall–Kier alpha value is -3.76. The third-order valence-electron chi connectivity index (χ3n) is 5.63. The van der Waals surface area contributed by atoms with Crippen LogP contribution in [0.25, 0.3) is 0 Å². The fraction of sp³-hybridized carbons (Fsp3) is 0.200. The van der Waals surface area contributed by atoms with Gasteiger partial charge in [0.2, 0.25) is 0 Å². The van der Waals surface area contributed by atoms with E-state index in [1.165, 1.54) is 36.4 Å². The Morgan fingerprint density at radius 3 is 2.26 bits per heavy atom. The number of morpholine rings is 1. The molecule has 0 radical (unpaired) electrons. The molecule has 182 valence electrons. The number of nitrogens with zero attached hydrogens (tertiary/aromatic N) is 1. The first-order chi connectivity index (χ1) is 16.7. The van der Waals surface area contributed by atoms with E-state index in [4.69, 9.17) is 4.74 Å². The van der Waals surface area contributed by atoms with Crippen molar-refractivity contribution in [3.8, 4) is 0 Å². The fourth-order valence-electron chi connectivity index (χ4n) is 3.65. The lowest BCUT2D eigenvalue weighted by atomic mass is 10.0. The number of carbonyl (C=O) groups is 2. The van der Waals surface area contributed by atoms with Gasteiger partial charge in [-0.05, 0) is 73.2 Å². The predicted molar refractivity (Wildman–Crippen MR) is 130 cm³/mol. The van der Waals surface area contributed by atoms with Crippen LogP contribution in [0.5, 0.6) is 0 Å². The molecule has 8 nitrogen and oxygen atoms in total. The average molecular weight is 498 g/mol. The largest absolute Gasteiger partial charge is 0.378 e. The molecule has 0 spiro atoms. The normalized spacial score (nSPS) is 13.8. The van der Waals surface area contributed by atoms with Crippen LogP contribution in [0.1, 0.15) is 26.3 Å². The highest BCUT2D eigenvalue weighted by molar-refractivity contribution is 7.92. The second-order valence-corrected chi connectivity index (χ2v) is 9.66. The number of hydrogen-bond donors (Lipinski definition) is 2. The van der Waals surface area contributed by atoms with Gasteiger partial charge in [-0.3, -0.25) is 14.3 Å². The van der Waals surface area contributed by atoms with Crippen molar-refractivity contribution in [2.45, 2.75) is 11.8 Å². The van der Waals surface area contributed by atoms with Crippen molar-refractivity contribution in [3.05, 3.63) is 89.2 Å². The van der Waals surface area contributed by atoms with Crippen molar-refractivity contribution in [1.29, 1.82) is 0 Å². The Balaban J connectivity index is 1.45. The summed E-state index contributed by atoms with van der Waals surface area (Å²) in [5.74, 6) is -1.05. The van der Waals surface area contributed by atoms with E-state index in [0.29, 0.717) is 48.7 Å². The van der Waals surface area contributed by atoms with Crippen LogP contribution in [0.15, 0.2) is 71.6 Å². The number of carbonyl (C=O) groups excluding carboxylic acids is 2. The molecule has 1 saturated heterocycles. The molecular formula is C25H24FN3O5S. The number of nitrogens with one attached hydrogen (secondary N) is 2. The predicted octanol–water partition coefficient (Wildman–Crippen LogP) is 3.66. The Morgan fingerprint density at radius 2 is 1.60 bits per heavy atom. The minimum Gasteiger partial charge on any atom is -0.378 e. The van der Waals surface area contributed by atoms with E-state index >= 15 is 0 Å². The molecule has 4 rings (SSSR count). The SMILES string of the molecule is Cc1c(NC(=O)c2ccc(NS(=O)(=O)c3ccc(F)cc3)cc2)cccc1C(=O)N1CCOCC1. The summed E-state index contributed by atoms with van der Waals surface area (Å²) >= 11 is 0. The topological polar surface area (TPSA) is 105 Å². The lowest BCUT2D eigenvalue weighted by molar-refractivity contribution is 0.0302. The van der Waals surface area contributed by atoms with E-state index in [1.807, 2.05) is 0 Å². The highest BCUT2D eigenvalue weighted by Crippen LogP contribution is 2.23. The summed E-state index contributed by atoms with van der Waals surface area (Å²) in [6, 6.07) is 15.5. The molecule has 35 heavy (non-hydrogen) atoms. The smallest absolute Gasteiger partial charge is 0.261 e. The average Bonchev–Trinajstić information content (AvgIpc) is 2.86. The summed E-state index contributed by atoms with van der Waals surface area (Å²) in [7, 11) is -3.90. The van der Waals surface area contributed by atoms with Crippen LogP contribution in [-0.2, 0) is 14.8 Å². The first-order valence-corrected chi connectivity index (χ1v) is 12.4. The summed E-state index contributed by atoms with van der Waals surface area (Å²) in [6.07, 6.45) is 0. The van der Waals surface area contributed by atoms with Gasteiger partial charge in [0.05, 0.1) is 18.1 Å². The number of ether oxygens (including phenoxy) is 1. The molecule has 2 N–H and O–H groups in total. The van der Waals surface area contributed by atoms with Gasteiger partial charge in [-0.1, -0.05) is 6.07 Å². The lowest BCUT2D eigenvalue weighted by Crippen LogP contribution is -2.41. The van der Waals surface area contributed by atoms with Gasteiger partial charge in [0.15, 0.2) is 0 Å². The van der Waals surface area contributed by atoms with Crippen molar-refractivity contribution in [2.75, 3.05) is 36.3 Å². The molecule has 0 saturated carbocycles. The van der Waals surface area contributed by atoms with Crippen LogP contribution in [0.3, 0.4) is 0 Å². The van der Waals surface area contributed by atoms with E-state index in [1.54, 1.807) is 30.0 Å². The monoisotopic (exact) mass is 497 g/mol. The van der Waals surface area contributed by atoms with Gasteiger partial charge in [0, 0.05) is 35.6 Å². The van der Waals surface area contributed by atoms with E-state index in [-0.39, 0.29) is 16.5 Å². The van der Waals surface area contributed by atoms with Gasteiger partial charge in [0.1, 0.15) is 5.82 Å². The molecule has 1 fully saturated rings. The number of amides is 2. The van der Waals surface area contributed by atoms with Crippen LogP contribution in [0.2, 0.25) is 0 Å². The maximum absolute atomic E-state index is 13.1. The van der Waals surface area contributed by atoms with Crippen molar-refractivity contribution >= 4 is 33.2 Å². The Morgan fingerprint density at radius 1 is 0.943 bits per heavy atom. The maximum atomic E-state index is 13.1. The molecule has 1 aliphatic heterocycles. The van der Waals surface area contributed by atoms with E-state index in [0.717, 1.165) is 12.1 Å². The number of halogens is 1. The van der Waals surface area contributed by atoms with Crippen LogP contribution in [0, 0.1) is 12.7 Å². The minimum atomic E-state index is -3.90. The first-order valence-electron chi connectivity index (χ1n) is 10.9. The maximum Gasteiger partial charge on any atom is 0.261 e. The second kappa shape index (κ2) is 10.2. The van der Waals surface area contributed by atoms with Gasteiger partial charge >= 0.3 is 0 Å². The van der Waals surface area contributed by atoms with Crippen molar-refractivity contribution in [3.63, 3.8) is 0 Å². The number of hydrogen-bond acceptors (Lipinski definition) is 5. The number of rotatable bonds is 6. The van der Waals surface area contributed by atoms with Gasteiger partial charge in [-0.2, -0.15) is 0 Å². The van der Waals surface area contributed by atoms with Crippen molar-refractivity contribution in [2.24, 2.45) is 0 Å². The molecule has 3 aromatic rings. The third kappa shape index (κ3) is 5.67. The molecule has 0 aromatic heterocycles. The Bertz CT molecular complexity index is 1340. The molecule has 1 heterocycles. The van der Waals surface area contributed by atoms with Crippen molar-refractivity contribution in [1.82, 2.24) is 4.90 Å². The number of benzene rings is 3. The molecule has 0 aliphatic carbocycles. The summed E-state index contributed by atoms with van der Waals surface area (Å²) in [5, 5.41) is 2.82. The number of anilines is 2. The molecule has 0 bridgehead atoms. The zero-order valence-electron chi connectivity index (χ0n) is 19.0. The highest BCUT2D eigenvalue weighted by atomic mass is 32.2. The Kier molecular flexibility index (Phi) is 7.13. The zero-order chi connectivity index (χ0) is 25.0. The fourth-order valence-corrected chi connectivity index (χ4v) is 4.71. The summed E-state index contributed by atoms with van der Waals surface area (Å²) in [6.45, 7) is 3.81. The summed E-state index contributed by atoms with van der Waals surface area (Å²) in [5.41, 5.74) is 2.23.